The number of aliphatic hydroxyl groups excluding tert-OH is 1. The first-order chi connectivity index (χ1) is 16.7. The first kappa shape index (κ1) is 26.6. The second kappa shape index (κ2) is 8.27. The third-order valence-electron chi connectivity index (χ3n) is 13.4. The zero-order chi connectivity index (χ0) is 26.5. The van der Waals surface area contributed by atoms with E-state index >= 15 is 0 Å². The van der Waals surface area contributed by atoms with Crippen LogP contribution in [0.2, 0.25) is 0 Å². The van der Waals surface area contributed by atoms with Gasteiger partial charge in [0.15, 0.2) is 0 Å². The summed E-state index contributed by atoms with van der Waals surface area (Å²) < 4.78 is 6.29. The maximum atomic E-state index is 13.1. The molecule has 1 aliphatic heterocycles. The number of carbonyl (C=O) groups is 1. The van der Waals surface area contributed by atoms with E-state index in [1.807, 2.05) is 0 Å². The quantitative estimate of drug-likeness (QED) is 0.251. The van der Waals surface area contributed by atoms with Crippen molar-refractivity contribution in [3.63, 3.8) is 0 Å². The molecule has 0 spiro atoms. The number of carboxylic acid groups (broad SMARTS) is 1. The molecule has 4 fully saturated rings. The number of aliphatic carboxylic acids is 1. The molecule has 0 aromatic rings. The molecule has 6 nitrogen and oxygen atoms in total. The SMILES string of the molecule is CC(C)[C@@H](C)[C@@]1(C)CC[C@]2(C)[C@H]3CC[C@@H]4[C@@]5(COC[C@@]4(C)[C@@H](O)[C@H](NN)C5)C3=CC[C@@]2(C)[C@@H]1C(=O)O. The number of hydrogen-bond donors (Lipinski definition) is 4. The summed E-state index contributed by atoms with van der Waals surface area (Å²) in [6.45, 7) is 17.2. The Morgan fingerprint density at radius 3 is 2.42 bits per heavy atom. The minimum Gasteiger partial charge on any atom is -0.481 e. The van der Waals surface area contributed by atoms with Gasteiger partial charge in [-0.2, -0.15) is 0 Å². The summed E-state index contributed by atoms with van der Waals surface area (Å²) in [4.78, 5) is 13.1. The molecule has 1 heterocycles. The second-order valence-electron chi connectivity index (χ2n) is 14.8. The lowest BCUT2D eigenvalue weighted by molar-refractivity contribution is -0.235. The molecule has 4 aliphatic carbocycles. The van der Waals surface area contributed by atoms with Crippen molar-refractivity contribution in [2.45, 2.75) is 99.1 Å². The molecule has 1 saturated heterocycles. The largest absolute Gasteiger partial charge is 0.481 e. The van der Waals surface area contributed by atoms with Gasteiger partial charge in [0.1, 0.15) is 0 Å². The molecule has 204 valence electrons. The molecule has 0 amide bonds. The lowest BCUT2D eigenvalue weighted by atomic mass is 9.34. The highest BCUT2D eigenvalue weighted by Crippen LogP contribution is 2.74. The fraction of sp³-hybridized carbons (Fsp3) is 0.900. The molecule has 36 heavy (non-hydrogen) atoms. The molecule has 5 rings (SSSR count). The normalized spacial score (nSPS) is 53.1. The number of nitrogens with two attached hydrogens (primary N) is 1. The first-order valence-corrected chi connectivity index (χ1v) is 14.4. The van der Waals surface area contributed by atoms with Gasteiger partial charge in [0.25, 0.3) is 0 Å². The topological polar surface area (TPSA) is 105 Å². The number of hydrazine groups is 1. The van der Waals surface area contributed by atoms with Crippen LogP contribution in [0.1, 0.15) is 87.0 Å². The Balaban J connectivity index is 1.62. The average Bonchev–Trinajstić information content (AvgIpc) is 2.81. The van der Waals surface area contributed by atoms with Crippen LogP contribution in [0.5, 0.6) is 0 Å². The van der Waals surface area contributed by atoms with Gasteiger partial charge in [-0.1, -0.05) is 60.1 Å². The molecule has 5 aliphatic rings. The standard InChI is InChI=1S/C30H50N2O4/c1-17(2)18(3)26(4)12-13-28(6)19-8-9-22-27(5)15-36-16-30(22,14-21(32-31)24(27)33)20(19)10-11-29(28,7)23(26)25(34)35/h10,17-19,21-24,32-33H,8-9,11-16,31H2,1-7H3,(H,34,35)/t18-,19+,21-,22+,23-,24+,26-,27-,28-,29+,30+/m1/s1. The summed E-state index contributed by atoms with van der Waals surface area (Å²) in [6, 6.07) is -0.163. The summed E-state index contributed by atoms with van der Waals surface area (Å²) >= 11 is 0. The Labute approximate surface area is 217 Å². The predicted molar refractivity (Wildman–Crippen MR) is 141 cm³/mol. The smallest absolute Gasteiger partial charge is 0.307 e. The maximum Gasteiger partial charge on any atom is 0.307 e. The lowest BCUT2D eigenvalue weighted by Crippen LogP contribution is -2.71. The summed E-state index contributed by atoms with van der Waals surface area (Å²) in [6.07, 6.45) is 7.62. The minimum absolute atomic E-state index is 0.0916. The van der Waals surface area contributed by atoms with Crippen LogP contribution < -0.4 is 11.3 Å². The number of hydrogen-bond acceptors (Lipinski definition) is 5. The lowest BCUT2D eigenvalue weighted by Gasteiger charge is -2.71. The van der Waals surface area contributed by atoms with Gasteiger partial charge in [0.2, 0.25) is 0 Å². The highest BCUT2D eigenvalue weighted by Gasteiger charge is 2.71. The average molecular weight is 503 g/mol. The van der Waals surface area contributed by atoms with E-state index in [9.17, 15) is 15.0 Å². The van der Waals surface area contributed by atoms with Crippen molar-refractivity contribution < 1.29 is 19.7 Å². The number of ether oxygens (including phenoxy) is 1. The van der Waals surface area contributed by atoms with E-state index in [4.69, 9.17) is 10.6 Å². The highest BCUT2D eigenvalue weighted by atomic mass is 16.5. The molecule has 6 heteroatoms. The zero-order valence-electron chi connectivity index (χ0n) is 23.6. The molecule has 0 aromatic carbocycles. The van der Waals surface area contributed by atoms with Gasteiger partial charge in [-0.3, -0.25) is 16.1 Å². The third-order valence-corrected chi connectivity index (χ3v) is 13.4. The van der Waals surface area contributed by atoms with Crippen molar-refractivity contribution in [1.29, 1.82) is 0 Å². The third kappa shape index (κ3) is 3.08. The number of allylic oxidation sites excluding steroid dienone is 1. The van der Waals surface area contributed by atoms with Crippen molar-refractivity contribution in [3.8, 4) is 0 Å². The fourth-order valence-corrected chi connectivity index (χ4v) is 10.8. The van der Waals surface area contributed by atoms with Crippen molar-refractivity contribution in [1.82, 2.24) is 5.43 Å². The molecular weight excluding hydrogens is 452 g/mol. The number of aliphatic hydroxyl groups is 1. The van der Waals surface area contributed by atoms with E-state index in [-0.39, 0.29) is 39.0 Å². The van der Waals surface area contributed by atoms with Crippen molar-refractivity contribution in [2.75, 3.05) is 13.2 Å². The van der Waals surface area contributed by atoms with Crippen LogP contribution in [-0.2, 0) is 9.53 Å². The molecule has 0 aromatic heterocycles. The Morgan fingerprint density at radius 2 is 1.81 bits per heavy atom. The van der Waals surface area contributed by atoms with E-state index in [0.29, 0.717) is 36.9 Å². The van der Waals surface area contributed by atoms with Gasteiger partial charge in [-0.15, -0.1) is 0 Å². The number of nitrogens with one attached hydrogen (secondary N) is 1. The number of carboxylic acids is 1. The molecule has 0 unspecified atom stereocenters. The zero-order valence-corrected chi connectivity index (χ0v) is 23.6. The Kier molecular flexibility index (Phi) is 6.12. The molecule has 5 N–H and O–H groups in total. The highest BCUT2D eigenvalue weighted by molar-refractivity contribution is 5.73. The second-order valence-corrected chi connectivity index (χ2v) is 14.8. The van der Waals surface area contributed by atoms with Crippen LogP contribution >= 0.6 is 0 Å². The van der Waals surface area contributed by atoms with Gasteiger partial charge in [-0.25, -0.2) is 0 Å². The van der Waals surface area contributed by atoms with Gasteiger partial charge in [0, 0.05) is 16.9 Å². The van der Waals surface area contributed by atoms with Crippen LogP contribution in [0.3, 0.4) is 0 Å². The molecule has 11 atom stereocenters. The van der Waals surface area contributed by atoms with Crippen LogP contribution in [0.4, 0.5) is 0 Å². The predicted octanol–water partition coefficient (Wildman–Crippen LogP) is 4.77. The molecule has 0 radical (unpaired) electrons. The van der Waals surface area contributed by atoms with Crippen LogP contribution in [0.15, 0.2) is 11.6 Å². The number of rotatable bonds is 4. The number of fused-ring (bicyclic) bond motifs is 3. The van der Waals surface area contributed by atoms with Crippen molar-refractivity contribution >= 4 is 5.97 Å². The molecular formula is C30H50N2O4. The Hall–Kier alpha value is -0.950. The van der Waals surface area contributed by atoms with Crippen molar-refractivity contribution in [3.05, 3.63) is 11.6 Å². The Bertz CT molecular complexity index is 951. The minimum atomic E-state index is -0.621. The summed E-state index contributed by atoms with van der Waals surface area (Å²) in [5.74, 6) is 6.47. The first-order valence-electron chi connectivity index (χ1n) is 14.4. The van der Waals surface area contributed by atoms with E-state index in [0.717, 1.165) is 38.5 Å². The molecule has 3 saturated carbocycles. The van der Waals surface area contributed by atoms with E-state index in [1.54, 1.807) is 0 Å². The van der Waals surface area contributed by atoms with Gasteiger partial charge < -0.3 is 14.9 Å². The monoisotopic (exact) mass is 502 g/mol. The van der Waals surface area contributed by atoms with Crippen LogP contribution in [0, 0.1) is 56.7 Å². The maximum absolute atomic E-state index is 13.1. The van der Waals surface area contributed by atoms with Crippen LogP contribution in [0.25, 0.3) is 0 Å². The van der Waals surface area contributed by atoms with Gasteiger partial charge >= 0.3 is 5.97 Å². The van der Waals surface area contributed by atoms with Crippen molar-refractivity contribution in [2.24, 2.45) is 62.5 Å². The van der Waals surface area contributed by atoms with Crippen LogP contribution in [-0.4, -0.2) is 41.5 Å². The van der Waals surface area contributed by atoms with Gasteiger partial charge in [0.05, 0.1) is 25.2 Å². The Morgan fingerprint density at radius 1 is 1.11 bits per heavy atom. The van der Waals surface area contributed by atoms with E-state index < -0.39 is 12.1 Å². The molecule has 2 bridgehead atoms. The summed E-state index contributed by atoms with van der Waals surface area (Å²) in [5.41, 5.74) is 3.33. The fourth-order valence-electron chi connectivity index (χ4n) is 10.8. The van der Waals surface area contributed by atoms with E-state index in [1.165, 1.54) is 5.57 Å². The summed E-state index contributed by atoms with van der Waals surface area (Å²) in [7, 11) is 0. The van der Waals surface area contributed by atoms with E-state index in [2.05, 4.69) is 60.0 Å². The van der Waals surface area contributed by atoms with Gasteiger partial charge in [-0.05, 0) is 78.4 Å². The summed E-state index contributed by atoms with van der Waals surface area (Å²) in [5, 5.41) is 22.1.